The van der Waals surface area contributed by atoms with E-state index in [9.17, 15) is 0 Å². The molecular formula is C12H20N2S. The molecule has 1 saturated heterocycles. The molecule has 0 bridgehead atoms. The topological polar surface area (TPSA) is 24.1 Å². The van der Waals surface area contributed by atoms with Gasteiger partial charge < -0.3 is 10.6 Å². The van der Waals surface area contributed by atoms with Crippen molar-refractivity contribution in [2.24, 2.45) is 11.8 Å². The van der Waals surface area contributed by atoms with E-state index in [2.05, 4.69) is 36.6 Å². The van der Waals surface area contributed by atoms with Gasteiger partial charge in [0.1, 0.15) is 0 Å². The van der Waals surface area contributed by atoms with Crippen LogP contribution < -0.4 is 10.6 Å². The lowest BCUT2D eigenvalue weighted by Crippen LogP contribution is -2.26. The van der Waals surface area contributed by atoms with Crippen LogP contribution in [-0.4, -0.2) is 19.6 Å². The van der Waals surface area contributed by atoms with E-state index in [4.69, 9.17) is 0 Å². The minimum Gasteiger partial charge on any atom is -0.316 e. The zero-order valence-corrected chi connectivity index (χ0v) is 10.4. The molecule has 2 nitrogen and oxygen atoms in total. The Morgan fingerprint density at radius 3 is 2.93 bits per heavy atom. The fraction of sp³-hybridized carbons (Fsp3) is 0.667. The Bertz CT molecular complexity index is 308. The van der Waals surface area contributed by atoms with Gasteiger partial charge in [0.15, 0.2) is 0 Å². The van der Waals surface area contributed by atoms with Crippen LogP contribution in [-0.2, 0) is 6.54 Å². The molecule has 0 radical (unpaired) electrons. The second-order valence-corrected chi connectivity index (χ2v) is 5.91. The number of hydrogen-bond donors (Lipinski definition) is 2. The molecule has 2 N–H and O–H groups in total. The molecule has 2 heterocycles. The van der Waals surface area contributed by atoms with Gasteiger partial charge in [-0.3, -0.25) is 0 Å². The average molecular weight is 224 g/mol. The first kappa shape index (κ1) is 11.1. The first-order valence-electron chi connectivity index (χ1n) is 5.72. The SMILES string of the molecule is Cc1ccc(CNC[C@@H]2CNC[C@H]2C)s1. The monoisotopic (exact) mass is 224 g/mol. The third-order valence-electron chi connectivity index (χ3n) is 3.18. The molecule has 15 heavy (non-hydrogen) atoms. The number of hydrogen-bond acceptors (Lipinski definition) is 3. The summed E-state index contributed by atoms with van der Waals surface area (Å²) in [5, 5.41) is 7.00. The van der Waals surface area contributed by atoms with Crippen LogP contribution in [0.2, 0.25) is 0 Å². The second-order valence-electron chi connectivity index (χ2n) is 4.54. The van der Waals surface area contributed by atoms with Gasteiger partial charge in [0.25, 0.3) is 0 Å². The maximum absolute atomic E-state index is 3.56. The summed E-state index contributed by atoms with van der Waals surface area (Å²) in [6.07, 6.45) is 0. The van der Waals surface area contributed by atoms with Gasteiger partial charge in [-0.05, 0) is 50.5 Å². The Labute approximate surface area is 96.1 Å². The van der Waals surface area contributed by atoms with E-state index < -0.39 is 0 Å². The molecule has 0 amide bonds. The highest BCUT2D eigenvalue weighted by atomic mass is 32.1. The van der Waals surface area contributed by atoms with E-state index in [0.717, 1.165) is 24.9 Å². The predicted molar refractivity (Wildman–Crippen MR) is 66.3 cm³/mol. The van der Waals surface area contributed by atoms with E-state index >= 15 is 0 Å². The summed E-state index contributed by atoms with van der Waals surface area (Å²) in [5.41, 5.74) is 0. The van der Waals surface area contributed by atoms with Gasteiger partial charge in [0, 0.05) is 16.3 Å². The lowest BCUT2D eigenvalue weighted by atomic mass is 9.98. The van der Waals surface area contributed by atoms with Crippen LogP contribution in [0, 0.1) is 18.8 Å². The Balaban J connectivity index is 1.70. The highest BCUT2D eigenvalue weighted by Crippen LogP contribution is 2.16. The van der Waals surface area contributed by atoms with Crippen molar-refractivity contribution >= 4 is 11.3 Å². The van der Waals surface area contributed by atoms with Crippen LogP contribution in [0.15, 0.2) is 12.1 Å². The maximum atomic E-state index is 3.56. The standard InChI is InChI=1S/C12H20N2S/c1-9-5-13-6-11(9)7-14-8-12-4-3-10(2)15-12/h3-4,9,11,13-14H,5-8H2,1-2H3/t9-,11+/m1/s1. The number of nitrogens with one attached hydrogen (secondary N) is 2. The Hall–Kier alpha value is -0.380. The van der Waals surface area contributed by atoms with E-state index in [1.165, 1.54) is 22.8 Å². The summed E-state index contributed by atoms with van der Waals surface area (Å²) < 4.78 is 0. The van der Waals surface area contributed by atoms with Gasteiger partial charge in [-0.15, -0.1) is 11.3 Å². The van der Waals surface area contributed by atoms with Crippen molar-refractivity contribution in [1.29, 1.82) is 0 Å². The molecule has 1 aliphatic rings. The van der Waals surface area contributed by atoms with Gasteiger partial charge in [0.2, 0.25) is 0 Å². The van der Waals surface area contributed by atoms with E-state index in [1.807, 2.05) is 11.3 Å². The Morgan fingerprint density at radius 2 is 2.33 bits per heavy atom. The molecule has 0 unspecified atom stereocenters. The van der Waals surface area contributed by atoms with E-state index in [-0.39, 0.29) is 0 Å². The number of thiophene rings is 1. The minimum absolute atomic E-state index is 0.811. The summed E-state index contributed by atoms with van der Waals surface area (Å²) in [4.78, 5) is 2.86. The fourth-order valence-corrected chi connectivity index (χ4v) is 2.96. The van der Waals surface area contributed by atoms with Gasteiger partial charge in [-0.1, -0.05) is 6.92 Å². The first-order chi connectivity index (χ1) is 7.25. The van der Waals surface area contributed by atoms with Gasteiger partial charge in [0.05, 0.1) is 0 Å². The van der Waals surface area contributed by atoms with Crippen LogP contribution in [0.1, 0.15) is 16.7 Å². The molecule has 3 heteroatoms. The van der Waals surface area contributed by atoms with Crippen molar-refractivity contribution in [2.75, 3.05) is 19.6 Å². The van der Waals surface area contributed by atoms with Crippen molar-refractivity contribution in [3.63, 3.8) is 0 Å². The van der Waals surface area contributed by atoms with E-state index in [0.29, 0.717) is 0 Å². The van der Waals surface area contributed by atoms with Crippen molar-refractivity contribution in [2.45, 2.75) is 20.4 Å². The number of aryl methyl sites for hydroxylation is 1. The molecule has 1 aliphatic heterocycles. The first-order valence-corrected chi connectivity index (χ1v) is 6.54. The highest BCUT2D eigenvalue weighted by Gasteiger charge is 2.21. The summed E-state index contributed by atoms with van der Waals surface area (Å²) in [5.74, 6) is 1.63. The Morgan fingerprint density at radius 1 is 1.47 bits per heavy atom. The molecule has 1 fully saturated rings. The van der Waals surface area contributed by atoms with Crippen molar-refractivity contribution in [3.8, 4) is 0 Å². The zero-order chi connectivity index (χ0) is 10.7. The van der Waals surface area contributed by atoms with Gasteiger partial charge in [-0.25, -0.2) is 0 Å². The van der Waals surface area contributed by atoms with Crippen LogP contribution in [0.4, 0.5) is 0 Å². The van der Waals surface area contributed by atoms with E-state index in [1.54, 1.807) is 0 Å². The average Bonchev–Trinajstić information content (AvgIpc) is 2.77. The summed E-state index contributed by atoms with van der Waals surface area (Å²) >= 11 is 1.89. The Kier molecular flexibility index (Phi) is 3.78. The minimum atomic E-state index is 0.811. The predicted octanol–water partition coefficient (Wildman–Crippen LogP) is 2.00. The fourth-order valence-electron chi connectivity index (χ4n) is 2.10. The summed E-state index contributed by atoms with van der Waals surface area (Å²) in [6, 6.07) is 4.42. The maximum Gasteiger partial charge on any atom is 0.0299 e. The molecule has 2 atom stereocenters. The van der Waals surface area contributed by atoms with Crippen LogP contribution in [0.5, 0.6) is 0 Å². The third-order valence-corrected chi connectivity index (χ3v) is 4.18. The van der Waals surface area contributed by atoms with Gasteiger partial charge in [-0.2, -0.15) is 0 Å². The zero-order valence-electron chi connectivity index (χ0n) is 9.55. The van der Waals surface area contributed by atoms with Crippen LogP contribution in [0.25, 0.3) is 0 Å². The molecule has 84 valence electrons. The highest BCUT2D eigenvalue weighted by molar-refractivity contribution is 7.11. The molecule has 1 aromatic rings. The van der Waals surface area contributed by atoms with Crippen LogP contribution >= 0.6 is 11.3 Å². The lowest BCUT2D eigenvalue weighted by molar-refractivity contribution is 0.421. The van der Waals surface area contributed by atoms with Crippen molar-refractivity contribution in [3.05, 3.63) is 21.9 Å². The largest absolute Gasteiger partial charge is 0.316 e. The molecule has 0 aliphatic carbocycles. The summed E-state index contributed by atoms with van der Waals surface area (Å²) in [6.45, 7) is 9.04. The van der Waals surface area contributed by atoms with Crippen molar-refractivity contribution < 1.29 is 0 Å². The molecular weight excluding hydrogens is 204 g/mol. The smallest absolute Gasteiger partial charge is 0.0299 e. The van der Waals surface area contributed by atoms with Crippen molar-refractivity contribution in [1.82, 2.24) is 10.6 Å². The normalized spacial score (nSPS) is 26.0. The van der Waals surface area contributed by atoms with Crippen LogP contribution in [0.3, 0.4) is 0 Å². The molecule has 2 rings (SSSR count). The second kappa shape index (κ2) is 5.10. The molecule has 0 saturated carbocycles. The molecule has 0 spiro atoms. The summed E-state index contributed by atoms with van der Waals surface area (Å²) in [7, 11) is 0. The van der Waals surface area contributed by atoms with Gasteiger partial charge >= 0.3 is 0 Å². The molecule has 0 aromatic carbocycles. The third kappa shape index (κ3) is 3.03. The number of rotatable bonds is 4. The molecule has 1 aromatic heterocycles. The quantitative estimate of drug-likeness (QED) is 0.817. The lowest BCUT2D eigenvalue weighted by Gasteiger charge is -2.14.